The Hall–Kier alpha value is -1.80. The smallest absolute Gasteiger partial charge is 0.306 e. The van der Waals surface area contributed by atoms with Gasteiger partial charge in [-0.25, -0.2) is 0 Å². The number of hydrogen-bond acceptors (Lipinski definition) is 7. The van der Waals surface area contributed by atoms with Crippen molar-refractivity contribution < 1.29 is 37.3 Å². The molecule has 0 aliphatic carbocycles. The molecule has 0 bridgehead atoms. The first-order valence-electron chi connectivity index (χ1n) is 25.0. The summed E-state index contributed by atoms with van der Waals surface area (Å²) >= 11 is 0. The average molecular weight is 878 g/mol. The van der Waals surface area contributed by atoms with E-state index < -0.39 is 13.9 Å². The first-order valence-corrected chi connectivity index (χ1v) is 26.5. The van der Waals surface area contributed by atoms with E-state index in [1.165, 1.54) is 116 Å². The molecule has 61 heavy (non-hydrogen) atoms. The highest BCUT2D eigenvalue weighted by molar-refractivity contribution is 7.45. The summed E-state index contributed by atoms with van der Waals surface area (Å²) in [6.45, 7) is 5.28. The SMILES string of the molecule is CC/C=C\C/C=C\C/C=C\C/C=C\CCCCCCCCC(=O)OC(COCCCCCCCCCCCC/C=C\CCCCCCCC)COP(=O)([O-])OCC[N+](C)(C)C. The fraction of sp³-hybridized carbons (Fsp3) is 0.788. The molecule has 0 heterocycles. The van der Waals surface area contributed by atoms with Gasteiger partial charge in [-0.05, 0) is 77.0 Å². The highest BCUT2D eigenvalue weighted by atomic mass is 31.2. The standard InChI is InChI=1S/C52H96NO7P/c1-6-8-10-12-14-16-18-20-22-24-26-28-30-32-34-36-38-40-42-44-47-57-49-51(50-59-61(55,56)58-48-46-53(3,4)5)60-52(54)45-43-41-39-37-35-33-31-29-27-25-23-21-19-17-15-13-11-9-7-2/h9,11,15,17,20-23,27,29,51H,6-8,10,12-14,16,18-19,24-26,28,30-50H2,1-5H3/b11-9-,17-15-,22-20-,23-21-,29-27-. The maximum absolute atomic E-state index is 12.7. The maximum Gasteiger partial charge on any atom is 0.306 e. The van der Waals surface area contributed by atoms with Crippen LogP contribution < -0.4 is 4.89 Å². The molecule has 2 unspecified atom stereocenters. The van der Waals surface area contributed by atoms with Gasteiger partial charge < -0.3 is 27.9 Å². The normalized spacial score (nSPS) is 14.1. The summed E-state index contributed by atoms with van der Waals surface area (Å²) in [6.07, 6.45) is 56.7. The molecule has 0 amide bonds. The van der Waals surface area contributed by atoms with Gasteiger partial charge in [0.1, 0.15) is 19.3 Å². The summed E-state index contributed by atoms with van der Waals surface area (Å²) < 4.78 is 34.7. The van der Waals surface area contributed by atoms with Crippen LogP contribution in [-0.2, 0) is 27.9 Å². The Balaban J connectivity index is 4.19. The van der Waals surface area contributed by atoms with Crippen molar-refractivity contribution in [1.29, 1.82) is 0 Å². The molecular formula is C52H96NO7P. The second-order valence-electron chi connectivity index (χ2n) is 17.8. The van der Waals surface area contributed by atoms with E-state index in [-0.39, 0.29) is 25.8 Å². The number of phosphoric ester groups is 1. The summed E-state index contributed by atoms with van der Waals surface area (Å²) in [4.78, 5) is 25.2. The molecular weight excluding hydrogens is 782 g/mol. The van der Waals surface area contributed by atoms with Crippen LogP contribution in [0.15, 0.2) is 60.8 Å². The van der Waals surface area contributed by atoms with E-state index in [0.717, 1.165) is 70.6 Å². The molecule has 0 radical (unpaired) electrons. The molecule has 9 heteroatoms. The summed E-state index contributed by atoms with van der Waals surface area (Å²) in [7, 11) is 1.34. The predicted molar refractivity (Wildman–Crippen MR) is 259 cm³/mol. The second-order valence-corrected chi connectivity index (χ2v) is 19.2. The average Bonchev–Trinajstić information content (AvgIpc) is 3.22. The number of unbranched alkanes of at least 4 members (excludes halogenated alkanes) is 22. The Kier molecular flexibility index (Phi) is 43.5. The van der Waals surface area contributed by atoms with Crippen LogP contribution in [0.2, 0.25) is 0 Å². The lowest BCUT2D eigenvalue weighted by Gasteiger charge is -2.28. The van der Waals surface area contributed by atoms with Crippen LogP contribution >= 0.6 is 7.82 Å². The molecule has 0 saturated heterocycles. The first kappa shape index (κ1) is 59.2. The van der Waals surface area contributed by atoms with Gasteiger partial charge in [0.25, 0.3) is 7.82 Å². The van der Waals surface area contributed by atoms with Crippen molar-refractivity contribution in [1.82, 2.24) is 0 Å². The van der Waals surface area contributed by atoms with Crippen LogP contribution in [0.25, 0.3) is 0 Å². The van der Waals surface area contributed by atoms with Crippen LogP contribution in [0.5, 0.6) is 0 Å². The molecule has 0 rings (SSSR count). The lowest BCUT2D eigenvalue weighted by atomic mass is 10.1. The van der Waals surface area contributed by atoms with Gasteiger partial charge >= 0.3 is 5.97 Å². The maximum atomic E-state index is 12.7. The Morgan fingerprint density at radius 3 is 1.44 bits per heavy atom. The molecule has 0 saturated carbocycles. The van der Waals surface area contributed by atoms with Crippen LogP contribution in [-0.4, -0.2) is 70.7 Å². The summed E-state index contributed by atoms with van der Waals surface area (Å²) in [5.74, 6) is -0.348. The van der Waals surface area contributed by atoms with Crippen LogP contribution in [0.4, 0.5) is 0 Å². The van der Waals surface area contributed by atoms with Crippen molar-refractivity contribution in [3.8, 4) is 0 Å². The third-order valence-corrected chi connectivity index (χ3v) is 11.5. The molecule has 0 aliphatic rings. The molecule has 0 spiro atoms. The van der Waals surface area contributed by atoms with Crippen molar-refractivity contribution in [2.75, 3.05) is 54.1 Å². The van der Waals surface area contributed by atoms with Crippen LogP contribution in [0.3, 0.4) is 0 Å². The van der Waals surface area contributed by atoms with Gasteiger partial charge in [-0.1, -0.05) is 184 Å². The highest BCUT2D eigenvalue weighted by Crippen LogP contribution is 2.38. The van der Waals surface area contributed by atoms with Crippen LogP contribution in [0, 0.1) is 0 Å². The van der Waals surface area contributed by atoms with Gasteiger partial charge in [0.2, 0.25) is 0 Å². The number of esters is 1. The molecule has 2 atom stereocenters. The Morgan fingerprint density at radius 2 is 0.951 bits per heavy atom. The quantitative estimate of drug-likeness (QED) is 0.0198. The van der Waals surface area contributed by atoms with E-state index >= 15 is 0 Å². The molecule has 356 valence electrons. The van der Waals surface area contributed by atoms with Crippen molar-refractivity contribution in [3.63, 3.8) is 0 Å². The third kappa shape index (κ3) is 49.1. The molecule has 0 aromatic carbocycles. The van der Waals surface area contributed by atoms with E-state index in [9.17, 15) is 14.3 Å². The van der Waals surface area contributed by atoms with Gasteiger partial charge in [0.15, 0.2) is 0 Å². The third-order valence-electron chi connectivity index (χ3n) is 10.6. The molecule has 0 aromatic rings. The molecule has 0 N–H and O–H groups in total. The fourth-order valence-corrected chi connectivity index (χ4v) is 7.44. The van der Waals surface area contributed by atoms with Crippen molar-refractivity contribution >= 4 is 13.8 Å². The zero-order valence-corrected chi connectivity index (χ0v) is 41.2. The number of quaternary nitrogens is 1. The Labute approximate surface area is 377 Å². The minimum absolute atomic E-state index is 0.0208. The molecule has 0 aromatic heterocycles. The Bertz CT molecular complexity index is 1160. The lowest BCUT2D eigenvalue weighted by Crippen LogP contribution is -2.37. The van der Waals surface area contributed by atoms with E-state index in [1.54, 1.807) is 0 Å². The number of carbonyl (C=O) groups is 1. The number of allylic oxidation sites excluding steroid dienone is 10. The molecule has 8 nitrogen and oxygen atoms in total. The van der Waals surface area contributed by atoms with Crippen molar-refractivity contribution in [2.24, 2.45) is 0 Å². The predicted octanol–water partition coefficient (Wildman–Crippen LogP) is 14.6. The summed E-state index contributed by atoms with van der Waals surface area (Å²) in [6, 6.07) is 0. The van der Waals surface area contributed by atoms with Gasteiger partial charge in [0.05, 0.1) is 34.4 Å². The zero-order chi connectivity index (χ0) is 44.8. The monoisotopic (exact) mass is 878 g/mol. The molecule has 0 fully saturated rings. The Morgan fingerprint density at radius 1 is 0.525 bits per heavy atom. The highest BCUT2D eigenvalue weighted by Gasteiger charge is 2.20. The van der Waals surface area contributed by atoms with Gasteiger partial charge in [-0.2, -0.15) is 0 Å². The minimum atomic E-state index is -4.54. The van der Waals surface area contributed by atoms with E-state index in [2.05, 4.69) is 74.6 Å². The van der Waals surface area contributed by atoms with E-state index in [4.69, 9.17) is 18.5 Å². The number of nitrogens with zero attached hydrogens (tertiary/aromatic N) is 1. The minimum Gasteiger partial charge on any atom is -0.756 e. The number of likely N-dealkylation sites (N-methyl/N-ethyl adjacent to an activating group) is 1. The lowest BCUT2D eigenvalue weighted by molar-refractivity contribution is -0.870. The van der Waals surface area contributed by atoms with Gasteiger partial charge in [0, 0.05) is 13.0 Å². The number of hydrogen-bond donors (Lipinski definition) is 0. The number of carbonyl (C=O) groups excluding carboxylic acids is 1. The first-order chi connectivity index (χ1) is 29.6. The second kappa shape index (κ2) is 44.8. The summed E-state index contributed by atoms with van der Waals surface area (Å²) in [5, 5.41) is 0. The van der Waals surface area contributed by atoms with Crippen molar-refractivity contribution in [2.45, 2.75) is 213 Å². The fourth-order valence-electron chi connectivity index (χ4n) is 6.71. The number of rotatable bonds is 46. The van der Waals surface area contributed by atoms with Crippen LogP contribution in [0.1, 0.15) is 206 Å². The number of phosphoric acid groups is 1. The van der Waals surface area contributed by atoms with E-state index in [1.807, 2.05) is 21.1 Å². The zero-order valence-electron chi connectivity index (χ0n) is 40.4. The van der Waals surface area contributed by atoms with Gasteiger partial charge in [-0.3, -0.25) is 9.36 Å². The van der Waals surface area contributed by atoms with E-state index in [0.29, 0.717) is 24.1 Å². The van der Waals surface area contributed by atoms with Gasteiger partial charge in [-0.15, -0.1) is 0 Å². The topological polar surface area (TPSA) is 94.1 Å². The van der Waals surface area contributed by atoms with Crippen molar-refractivity contribution in [3.05, 3.63) is 60.8 Å². The largest absolute Gasteiger partial charge is 0.756 e. The molecule has 0 aliphatic heterocycles. The number of ether oxygens (including phenoxy) is 2. The summed E-state index contributed by atoms with van der Waals surface area (Å²) in [5.41, 5.74) is 0.